The maximum atomic E-state index is 12.4. The maximum Gasteiger partial charge on any atom is 0.319 e. The molecule has 18 heavy (non-hydrogen) atoms. The van der Waals surface area contributed by atoms with E-state index in [9.17, 15) is 9.59 Å². The van der Waals surface area contributed by atoms with Gasteiger partial charge in [0.25, 0.3) is 0 Å². The number of hydrogen-bond acceptors (Lipinski definition) is 3. The van der Waals surface area contributed by atoms with Gasteiger partial charge in [-0.3, -0.25) is 9.59 Å². The molecule has 0 N–H and O–H groups in total. The van der Waals surface area contributed by atoms with Crippen LogP contribution >= 0.6 is 23.2 Å². The normalized spacial score (nSPS) is 13.8. The highest BCUT2D eigenvalue weighted by Gasteiger charge is 2.41. The Labute approximate surface area is 116 Å². The summed E-state index contributed by atoms with van der Waals surface area (Å²) >= 11 is 11.7. The van der Waals surface area contributed by atoms with Crippen LogP contribution in [0.15, 0.2) is 18.2 Å². The molecule has 3 nitrogen and oxygen atoms in total. The molecule has 0 aliphatic rings. The van der Waals surface area contributed by atoms with E-state index >= 15 is 0 Å². The fraction of sp³-hybridized carbons (Fsp3) is 0.385. The second-order valence-corrected chi connectivity index (χ2v) is 5.04. The summed E-state index contributed by atoms with van der Waals surface area (Å²) in [6.07, 6.45) is 0.336. The third kappa shape index (κ3) is 2.85. The van der Waals surface area contributed by atoms with Gasteiger partial charge in [0.05, 0.1) is 7.11 Å². The lowest BCUT2D eigenvalue weighted by Gasteiger charge is -2.23. The topological polar surface area (TPSA) is 43.4 Å². The lowest BCUT2D eigenvalue weighted by atomic mass is 9.80. The molecule has 0 fully saturated rings. The quantitative estimate of drug-likeness (QED) is 0.481. The number of rotatable bonds is 4. The van der Waals surface area contributed by atoms with Crippen LogP contribution in [0.1, 0.15) is 30.6 Å². The lowest BCUT2D eigenvalue weighted by molar-refractivity contribution is -0.148. The molecule has 0 aliphatic heterocycles. The first-order chi connectivity index (χ1) is 8.35. The van der Waals surface area contributed by atoms with Crippen molar-refractivity contribution in [2.75, 3.05) is 7.11 Å². The largest absolute Gasteiger partial charge is 0.468 e. The number of hydrogen-bond donors (Lipinski definition) is 0. The van der Waals surface area contributed by atoms with Crippen molar-refractivity contribution in [1.29, 1.82) is 0 Å². The highest BCUT2D eigenvalue weighted by molar-refractivity contribution is 6.35. The molecule has 0 bridgehead atoms. The first kappa shape index (κ1) is 15.0. The van der Waals surface area contributed by atoms with Gasteiger partial charge < -0.3 is 4.74 Å². The van der Waals surface area contributed by atoms with E-state index in [1.165, 1.54) is 25.3 Å². The van der Waals surface area contributed by atoms with Gasteiger partial charge in [0.2, 0.25) is 0 Å². The molecule has 1 atom stereocenters. The smallest absolute Gasteiger partial charge is 0.319 e. The van der Waals surface area contributed by atoms with E-state index < -0.39 is 11.4 Å². The number of ether oxygens (including phenoxy) is 1. The Kier molecular flexibility index (Phi) is 4.77. The molecule has 1 rings (SSSR count). The zero-order chi connectivity index (χ0) is 13.9. The number of Topliss-reactive ketones (excluding diaryl/α,β-unsaturated/α-hetero) is 1. The van der Waals surface area contributed by atoms with Crippen LogP contribution in [-0.2, 0) is 9.53 Å². The van der Waals surface area contributed by atoms with Crippen LogP contribution in [0.3, 0.4) is 0 Å². The van der Waals surface area contributed by atoms with E-state index in [-0.39, 0.29) is 5.78 Å². The summed E-state index contributed by atoms with van der Waals surface area (Å²) in [7, 11) is 1.26. The average molecular weight is 289 g/mol. The molecule has 0 radical (unpaired) electrons. The Morgan fingerprint density at radius 2 is 1.72 bits per heavy atom. The van der Waals surface area contributed by atoms with Gasteiger partial charge in [-0.15, -0.1) is 0 Å². The Hall–Kier alpha value is -1.06. The summed E-state index contributed by atoms with van der Waals surface area (Å²) in [5.74, 6) is -0.910. The van der Waals surface area contributed by atoms with Crippen LogP contribution in [0, 0.1) is 5.41 Å². The molecule has 1 aromatic rings. The highest BCUT2D eigenvalue weighted by atomic mass is 35.5. The molecule has 1 unspecified atom stereocenters. The third-order valence-corrected chi connectivity index (χ3v) is 3.41. The summed E-state index contributed by atoms with van der Waals surface area (Å²) in [5.41, 5.74) is -0.912. The molecule has 1 aromatic carbocycles. The van der Waals surface area contributed by atoms with Crippen molar-refractivity contribution in [3.05, 3.63) is 33.8 Å². The van der Waals surface area contributed by atoms with Gasteiger partial charge in [-0.2, -0.15) is 0 Å². The van der Waals surface area contributed by atoms with Gasteiger partial charge in [0, 0.05) is 15.6 Å². The summed E-state index contributed by atoms with van der Waals surface area (Å²) in [5, 5.41) is 0.711. The van der Waals surface area contributed by atoms with Crippen molar-refractivity contribution in [2.45, 2.75) is 20.3 Å². The number of benzene rings is 1. The van der Waals surface area contributed by atoms with Crippen molar-refractivity contribution in [2.24, 2.45) is 5.41 Å². The predicted molar refractivity (Wildman–Crippen MR) is 71.2 cm³/mol. The molecule has 0 aromatic heterocycles. The standard InChI is InChI=1S/C13H14Cl2O3/c1-4-13(2,12(17)18-3)11(16)8-5-9(14)7-10(15)6-8/h5-7H,4H2,1-3H3. The molecule has 0 saturated heterocycles. The van der Waals surface area contributed by atoms with Gasteiger partial charge >= 0.3 is 5.97 Å². The van der Waals surface area contributed by atoms with Crippen molar-refractivity contribution in [1.82, 2.24) is 0 Å². The van der Waals surface area contributed by atoms with Crippen LogP contribution in [0.5, 0.6) is 0 Å². The SMILES string of the molecule is CCC(C)(C(=O)OC)C(=O)c1cc(Cl)cc(Cl)c1. The molecular formula is C13H14Cl2O3. The van der Waals surface area contributed by atoms with Crippen LogP contribution in [0.2, 0.25) is 10.0 Å². The number of halogens is 2. The first-order valence-corrected chi connectivity index (χ1v) is 6.20. The van der Waals surface area contributed by atoms with Gasteiger partial charge in [0.15, 0.2) is 5.78 Å². The Bertz CT molecular complexity index is 465. The van der Waals surface area contributed by atoms with Crippen LogP contribution in [0.25, 0.3) is 0 Å². The van der Waals surface area contributed by atoms with Gasteiger partial charge in [-0.1, -0.05) is 30.1 Å². The van der Waals surface area contributed by atoms with Crippen LogP contribution in [0.4, 0.5) is 0 Å². The van der Waals surface area contributed by atoms with E-state index in [2.05, 4.69) is 4.74 Å². The number of methoxy groups -OCH3 is 1. The molecular weight excluding hydrogens is 275 g/mol. The van der Waals surface area contributed by atoms with Crippen molar-refractivity contribution < 1.29 is 14.3 Å². The predicted octanol–water partition coefficient (Wildman–Crippen LogP) is 3.77. The third-order valence-electron chi connectivity index (χ3n) is 2.97. The van der Waals surface area contributed by atoms with E-state index in [1.54, 1.807) is 13.8 Å². The summed E-state index contributed by atoms with van der Waals surface area (Å²) < 4.78 is 4.68. The molecule has 0 saturated carbocycles. The van der Waals surface area contributed by atoms with E-state index in [1.807, 2.05) is 0 Å². The minimum Gasteiger partial charge on any atom is -0.468 e. The highest BCUT2D eigenvalue weighted by Crippen LogP contribution is 2.30. The minimum absolute atomic E-state index is 0.308. The summed E-state index contributed by atoms with van der Waals surface area (Å²) in [4.78, 5) is 24.1. The molecule has 0 aliphatic carbocycles. The number of esters is 1. The Morgan fingerprint density at radius 3 is 2.11 bits per heavy atom. The first-order valence-electron chi connectivity index (χ1n) is 5.44. The number of carbonyl (C=O) groups is 2. The monoisotopic (exact) mass is 288 g/mol. The minimum atomic E-state index is -1.22. The lowest BCUT2D eigenvalue weighted by Crippen LogP contribution is -2.37. The summed E-state index contributed by atoms with van der Waals surface area (Å²) in [6.45, 7) is 3.30. The fourth-order valence-electron chi connectivity index (χ4n) is 1.63. The molecule has 0 heterocycles. The van der Waals surface area contributed by atoms with E-state index in [0.29, 0.717) is 22.0 Å². The number of ketones is 1. The molecule has 0 amide bonds. The average Bonchev–Trinajstić information content (AvgIpc) is 2.34. The Morgan fingerprint density at radius 1 is 1.22 bits per heavy atom. The Balaban J connectivity index is 3.23. The van der Waals surface area contributed by atoms with Gasteiger partial charge in [-0.25, -0.2) is 0 Å². The number of carbonyl (C=O) groups excluding carboxylic acids is 2. The second kappa shape index (κ2) is 5.72. The fourth-order valence-corrected chi connectivity index (χ4v) is 2.15. The van der Waals surface area contributed by atoms with Crippen molar-refractivity contribution in [3.63, 3.8) is 0 Å². The molecule has 5 heteroatoms. The molecule has 0 spiro atoms. The molecule has 98 valence electrons. The summed E-state index contributed by atoms with van der Waals surface area (Å²) in [6, 6.07) is 4.51. The zero-order valence-electron chi connectivity index (χ0n) is 10.4. The van der Waals surface area contributed by atoms with Gasteiger partial charge in [0.1, 0.15) is 5.41 Å². The van der Waals surface area contributed by atoms with Crippen LogP contribution < -0.4 is 0 Å². The zero-order valence-corrected chi connectivity index (χ0v) is 11.9. The van der Waals surface area contributed by atoms with Crippen LogP contribution in [-0.4, -0.2) is 18.9 Å². The van der Waals surface area contributed by atoms with Gasteiger partial charge in [-0.05, 0) is 31.5 Å². The van der Waals surface area contributed by atoms with E-state index in [4.69, 9.17) is 23.2 Å². The van der Waals surface area contributed by atoms with Crippen molar-refractivity contribution in [3.8, 4) is 0 Å². The van der Waals surface area contributed by atoms with Crippen molar-refractivity contribution >= 4 is 35.0 Å². The maximum absolute atomic E-state index is 12.4. The van der Waals surface area contributed by atoms with E-state index in [0.717, 1.165) is 0 Å². The second-order valence-electron chi connectivity index (χ2n) is 4.16.